The molecule has 45 heavy (non-hydrogen) atoms. The molecule has 4 aromatic rings. The summed E-state index contributed by atoms with van der Waals surface area (Å²) in [5.74, 6) is 0.541. The quantitative estimate of drug-likeness (QED) is 0.110. The molecule has 0 aliphatic carbocycles. The first-order valence-electron chi connectivity index (χ1n) is 13.7. The number of aromatic nitrogens is 2. The Balaban J connectivity index is 1.11. The van der Waals surface area contributed by atoms with E-state index in [9.17, 15) is 31.4 Å². The lowest BCUT2D eigenvalue weighted by Crippen LogP contribution is -2.28. The molecule has 0 atom stereocenters. The van der Waals surface area contributed by atoms with Gasteiger partial charge in [-0.2, -0.15) is 26.3 Å². The molecule has 0 saturated heterocycles. The number of alkyl halides is 6. The second-order valence-electron chi connectivity index (χ2n) is 10.4. The van der Waals surface area contributed by atoms with Crippen molar-refractivity contribution in [3.05, 3.63) is 106 Å². The molecule has 0 fully saturated rings. The number of rotatable bonds is 14. The fraction of sp³-hybridized carbons (Fsp3) is 0.312. The van der Waals surface area contributed by atoms with Gasteiger partial charge < -0.3 is 23.4 Å². The monoisotopic (exact) mass is 636 g/mol. The van der Waals surface area contributed by atoms with Crippen LogP contribution in [0.25, 0.3) is 24.3 Å². The van der Waals surface area contributed by atoms with Gasteiger partial charge in [0, 0.05) is 25.4 Å². The average Bonchev–Trinajstić information content (AvgIpc) is 3.64. The van der Waals surface area contributed by atoms with Crippen molar-refractivity contribution in [3.8, 4) is 0 Å². The second-order valence-corrected chi connectivity index (χ2v) is 10.4. The van der Waals surface area contributed by atoms with E-state index >= 15 is 0 Å². The molecule has 1 N–H and O–H groups in total. The van der Waals surface area contributed by atoms with Crippen LogP contribution in [0.15, 0.2) is 69.9 Å². The Morgan fingerprint density at radius 3 is 1.38 bits per heavy atom. The van der Waals surface area contributed by atoms with Crippen LogP contribution >= 0.6 is 0 Å². The molecule has 0 spiro atoms. The molecule has 2 aromatic carbocycles. The van der Waals surface area contributed by atoms with Crippen molar-refractivity contribution in [3.63, 3.8) is 0 Å². The van der Waals surface area contributed by atoms with Crippen LogP contribution in [0.3, 0.4) is 0 Å². The fourth-order valence-electron chi connectivity index (χ4n) is 3.89. The van der Waals surface area contributed by atoms with Gasteiger partial charge >= 0.3 is 12.4 Å². The number of oxazole rings is 2. The Kier molecular flexibility index (Phi) is 11.0. The first-order chi connectivity index (χ1) is 21.3. The van der Waals surface area contributed by atoms with E-state index in [-0.39, 0.29) is 38.2 Å². The molecule has 0 aliphatic heterocycles. The van der Waals surface area contributed by atoms with Crippen molar-refractivity contribution in [1.82, 2.24) is 9.97 Å². The van der Waals surface area contributed by atoms with E-state index in [0.29, 0.717) is 35.4 Å². The SMILES string of the molecule is CC(O)(CCOCc1coc(/C=C/c2ccc(C(F)(F)F)cc2)n1)CCOCc1coc(/C=C/c2ccc(C(F)(F)F)cc2)n1. The summed E-state index contributed by atoms with van der Waals surface area (Å²) in [7, 11) is 0. The number of benzene rings is 2. The van der Waals surface area contributed by atoms with Crippen molar-refractivity contribution in [2.75, 3.05) is 13.2 Å². The zero-order chi connectivity index (χ0) is 32.5. The zero-order valence-corrected chi connectivity index (χ0v) is 24.1. The maximum absolute atomic E-state index is 12.7. The molecule has 0 radical (unpaired) electrons. The van der Waals surface area contributed by atoms with E-state index in [0.717, 1.165) is 24.3 Å². The van der Waals surface area contributed by atoms with Gasteiger partial charge in [-0.1, -0.05) is 24.3 Å². The molecule has 240 valence electrons. The first kappa shape index (κ1) is 33.7. The van der Waals surface area contributed by atoms with Gasteiger partial charge in [0.25, 0.3) is 0 Å². The molecule has 0 amide bonds. The summed E-state index contributed by atoms with van der Waals surface area (Å²) in [6, 6.07) is 9.41. The Morgan fingerprint density at radius 2 is 1.02 bits per heavy atom. The van der Waals surface area contributed by atoms with E-state index in [4.69, 9.17) is 18.3 Å². The van der Waals surface area contributed by atoms with Crippen LogP contribution in [-0.4, -0.2) is 33.9 Å². The minimum atomic E-state index is -4.39. The highest BCUT2D eigenvalue weighted by Crippen LogP contribution is 2.30. The second kappa shape index (κ2) is 14.7. The van der Waals surface area contributed by atoms with E-state index in [2.05, 4.69) is 9.97 Å². The Morgan fingerprint density at radius 1 is 0.644 bits per heavy atom. The van der Waals surface area contributed by atoms with Gasteiger partial charge in [-0.25, -0.2) is 9.97 Å². The highest BCUT2D eigenvalue weighted by atomic mass is 19.4. The van der Waals surface area contributed by atoms with Crippen LogP contribution in [0.5, 0.6) is 0 Å². The Labute approximate surface area is 254 Å². The van der Waals surface area contributed by atoms with E-state index < -0.39 is 29.1 Å². The lowest BCUT2D eigenvalue weighted by molar-refractivity contribution is -0.138. The predicted octanol–water partition coefficient (Wildman–Crippen LogP) is 8.31. The molecule has 4 rings (SSSR count). The minimum Gasteiger partial charge on any atom is -0.445 e. The molecular weight excluding hydrogens is 606 g/mol. The zero-order valence-electron chi connectivity index (χ0n) is 24.1. The fourth-order valence-corrected chi connectivity index (χ4v) is 3.89. The van der Waals surface area contributed by atoms with E-state index in [1.165, 1.54) is 48.9 Å². The van der Waals surface area contributed by atoms with Crippen molar-refractivity contribution in [2.24, 2.45) is 0 Å². The number of nitrogens with zero attached hydrogens (tertiary/aromatic N) is 2. The summed E-state index contributed by atoms with van der Waals surface area (Å²) in [5, 5.41) is 10.6. The first-order valence-corrected chi connectivity index (χ1v) is 13.7. The molecule has 0 unspecified atom stereocenters. The van der Waals surface area contributed by atoms with Crippen LogP contribution < -0.4 is 0 Å². The number of hydrogen-bond acceptors (Lipinski definition) is 7. The molecule has 0 bridgehead atoms. The van der Waals surface area contributed by atoms with Gasteiger partial charge in [0.15, 0.2) is 0 Å². The third-order valence-electron chi connectivity index (χ3n) is 6.52. The van der Waals surface area contributed by atoms with Crippen molar-refractivity contribution in [2.45, 2.75) is 50.9 Å². The lowest BCUT2D eigenvalue weighted by Gasteiger charge is -2.22. The van der Waals surface area contributed by atoms with Crippen molar-refractivity contribution >= 4 is 24.3 Å². The van der Waals surface area contributed by atoms with Gasteiger partial charge in [0.05, 0.1) is 29.9 Å². The Hall–Kier alpha value is -4.20. The molecule has 7 nitrogen and oxygen atoms in total. The smallest absolute Gasteiger partial charge is 0.416 e. The van der Waals surface area contributed by atoms with Gasteiger partial charge in [0.1, 0.15) is 23.9 Å². The summed E-state index contributed by atoms with van der Waals surface area (Å²) in [6.45, 7) is 2.45. The number of hydrogen-bond donors (Lipinski definition) is 1. The molecular formula is C32H30F6N2O5. The topological polar surface area (TPSA) is 90.8 Å². The Bertz CT molecular complexity index is 1440. The van der Waals surface area contributed by atoms with Crippen LogP contribution in [0.1, 0.15) is 65.2 Å². The highest BCUT2D eigenvalue weighted by Gasteiger charge is 2.30. The van der Waals surface area contributed by atoms with Crippen LogP contribution in [-0.2, 0) is 35.0 Å². The standard InChI is InChI=1S/C32H30F6N2O5/c1-30(41,14-16-42-18-26-20-44-28(39-26)12-6-22-2-8-24(9-3-22)31(33,34)35)15-17-43-19-27-21-45-29(40-27)13-7-23-4-10-25(11-5-23)32(36,37)38/h2-13,20-21,41H,14-19H2,1H3/b12-6+,13-7+. The van der Waals surface area contributed by atoms with Crippen molar-refractivity contribution < 1.29 is 49.8 Å². The lowest BCUT2D eigenvalue weighted by atomic mass is 9.99. The molecule has 2 aromatic heterocycles. The number of ether oxygens (including phenoxy) is 2. The molecule has 2 heterocycles. The summed E-state index contributed by atoms with van der Waals surface area (Å²) in [4.78, 5) is 8.50. The summed E-state index contributed by atoms with van der Waals surface area (Å²) < 4.78 is 98.0. The summed E-state index contributed by atoms with van der Waals surface area (Å²) >= 11 is 0. The van der Waals surface area contributed by atoms with Crippen LogP contribution in [0.4, 0.5) is 26.3 Å². The molecule has 0 aliphatic rings. The molecule has 13 heteroatoms. The van der Waals surface area contributed by atoms with Crippen molar-refractivity contribution in [1.29, 1.82) is 0 Å². The van der Waals surface area contributed by atoms with Gasteiger partial charge in [-0.05, 0) is 67.3 Å². The van der Waals surface area contributed by atoms with Crippen LogP contribution in [0, 0.1) is 0 Å². The maximum Gasteiger partial charge on any atom is 0.416 e. The predicted molar refractivity (Wildman–Crippen MR) is 153 cm³/mol. The normalized spacial score (nSPS) is 13.0. The molecule has 0 saturated carbocycles. The van der Waals surface area contributed by atoms with E-state index in [1.54, 1.807) is 19.1 Å². The van der Waals surface area contributed by atoms with Crippen LogP contribution in [0.2, 0.25) is 0 Å². The largest absolute Gasteiger partial charge is 0.445 e. The van der Waals surface area contributed by atoms with Gasteiger partial charge in [0.2, 0.25) is 11.8 Å². The number of halogens is 6. The minimum absolute atomic E-state index is 0.145. The number of aliphatic hydroxyl groups is 1. The van der Waals surface area contributed by atoms with Gasteiger partial charge in [-0.15, -0.1) is 0 Å². The average molecular weight is 637 g/mol. The van der Waals surface area contributed by atoms with E-state index in [1.807, 2.05) is 0 Å². The highest BCUT2D eigenvalue weighted by molar-refractivity contribution is 5.66. The summed E-state index contributed by atoms with van der Waals surface area (Å²) in [5.41, 5.74) is -0.352. The maximum atomic E-state index is 12.7. The summed E-state index contributed by atoms with van der Waals surface area (Å²) in [6.07, 6.45) is 0.955. The third kappa shape index (κ3) is 11.0. The third-order valence-corrected chi connectivity index (χ3v) is 6.52. The van der Waals surface area contributed by atoms with Gasteiger partial charge in [-0.3, -0.25) is 0 Å².